The van der Waals surface area contributed by atoms with Crippen molar-refractivity contribution in [1.29, 1.82) is 0 Å². The number of hydrogen-bond donors (Lipinski definition) is 1. The SMILES string of the molecule is COc1cccc(S(=O)C2CC(C)CCC2CN)c1. The van der Waals surface area contributed by atoms with E-state index < -0.39 is 10.8 Å². The van der Waals surface area contributed by atoms with Crippen molar-refractivity contribution in [3.63, 3.8) is 0 Å². The summed E-state index contributed by atoms with van der Waals surface area (Å²) in [5.74, 6) is 1.78. The van der Waals surface area contributed by atoms with E-state index >= 15 is 0 Å². The predicted octanol–water partition coefficient (Wildman–Crippen LogP) is 2.57. The summed E-state index contributed by atoms with van der Waals surface area (Å²) in [7, 11) is 0.640. The highest BCUT2D eigenvalue weighted by Gasteiger charge is 2.32. The lowest BCUT2D eigenvalue weighted by Crippen LogP contribution is -2.36. The van der Waals surface area contributed by atoms with Crippen molar-refractivity contribution < 1.29 is 8.95 Å². The molecule has 1 aliphatic carbocycles. The molecule has 0 aromatic heterocycles. The van der Waals surface area contributed by atoms with Crippen LogP contribution in [0.25, 0.3) is 0 Å². The fraction of sp³-hybridized carbons (Fsp3) is 0.600. The summed E-state index contributed by atoms with van der Waals surface area (Å²) in [5, 5.41) is 0.181. The van der Waals surface area contributed by atoms with Crippen molar-refractivity contribution in [2.75, 3.05) is 13.7 Å². The molecule has 1 aromatic carbocycles. The molecule has 0 spiro atoms. The van der Waals surface area contributed by atoms with E-state index in [9.17, 15) is 4.21 Å². The fourth-order valence-electron chi connectivity index (χ4n) is 2.82. The minimum atomic E-state index is -0.992. The molecule has 0 aliphatic heterocycles. The van der Waals surface area contributed by atoms with Crippen molar-refractivity contribution >= 4 is 10.8 Å². The Hall–Kier alpha value is -0.870. The van der Waals surface area contributed by atoms with Crippen LogP contribution < -0.4 is 10.5 Å². The lowest BCUT2D eigenvalue weighted by molar-refractivity contribution is 0.302. The van der Waals surface area contributed by atoms with Gasteiger partial charge in [0.15, 0.2) is 0 Å². The first kappa shape index (κ1) is 14.5. The van der Waals surface area contributed by atoms with E-state index in [1.54, 1.807) is 7.11 Å². The Morgan fingerprint density at radius 1 is 1.42 bits per heavy atom. The first-order chi connectivity index (χ1) is 9.15. The highest BCUT2D eigenvalue weighted by molar-refractivity contribution is 7.85. The second kappa shape index (κ2) is 6.53. The fourth-order valence-corrected chi connectivity index (χ4v) is 4.72. The van der Waals surface area contributed by atoms with Crippen LogP contribution in [0.3, 0.4) is 0 Å². The second-order valence-electron chi connectivity index (χ2n) is 5.43. The standard InChI is InChI=1S/C15H23NO2S/c1-11-6-7-12(10-16)15(8-11)19(17)14-5-3-4-13(9-14)18-2/h3-5,9,11-12,15H,6-8,10,16H2,1-2H3. The van der Waals surface area contributed by atoms with Crippen LogP contribution in [0, 0.1) is 11.8 Å². The van der Waals surface area contributed by atoms with Crippen LogP contribution in [0.5, 0.6) is 5.75 Å². The number of methoxy groups -OCH3 is 1. The molecule has 0 radical (unpaired) electrons. The molecule has 3 nitrogen and oxygen atoms in total. The molecule has 19 heavy (non-hydrogen) atoms. The van der Waals surface area contributed by atoms with Crippen molar-refractivity contribution in [2.24, 2.45) is 17.6 Å². The third-order valence-electron chi connectivity index (χ3n) is 4.04. The summed E-state index contributed by atoms with van der Waals surface area (Å²) in [6, 6.07) is 7.58. The van der Waals surface area contributed by atoms with Crippen molar-refractivity contribution in [3.8, 4) is 5.75 Å². The van der Waals surface area contributed by atoms with Crippen LogP contribution in [-0.2, 0) is 10.8 Å². The van der Waals surface area contributed by atoms with Gasteiger partial charge in [-0.25, -0.2) is 0 Å². The first-order valence-electron chi connectivity index (χ1n) is 6.90. The van der Waals surface area contributed by atoms with Gasteiger partial charge in [0.05, 0.1) is 17.9 Å². The molecule has 4 atom stereocenters. The monoisotopic (exact) mass is 281 g/mol. The second-order valence-corrected chi connectivity index (χ2v) is 7.10. The van der Waals surface area contributed by atoms with Gasteiger partial charge in [0.2, 0.25) is 0 Å². The van der Waals surface area contributed by atoms with Gasteiger partial charge in [0.1, 0.15) is 5.75 Å². The molecule has 0 bridgehead atoms. The van der Waals surface area contributed by atoms with Gasteiger partial charge in [-0.05, 0) is 49.4 Å². The van der Waals surface area contributed by atoms with E-state index in [2.05, 4.69) is 6.92 Å². The van der Waals surface area contributed by atoms with E-state index in [0.29, 0.717) is 18.4 Å². The van der Waals surface area contributed by atoms with Gasteiger partial charge in [-0.1, -0.05) is 19.4 Å². The van der Waals surface area contributed by atoms with E-state index in [0.717, 1.165) is 23.5 Å². The summed E-state index contributed by atoms with van der Waals surface area (Å²) >= 11 is 0. The number of ether oxygens (including phenoxy) is 1. The average Bonchev–Trinajstić information content (AvgIpc) is 2.46. The molecule has 0 heterocycles. The largest absolute Gasteiger partial charge is 0.497 e. The van der Waals surface area contributed by atoms with Gasteiger partial charge < -0.3 is 10.5 Å². The molecule has 4 heteroatoms. The van der Waals surface area contributed by atoms with E-state index in [1.165, 1.54) is 6.42 Å². The van der Waals surface area contributed by atoms with Crippen LogP contribution in [-0.4, -0.2) is 23.1 Å². The van der Waals surface area contributed by atoms with Gasteiger partial charge in [0, 0.05) is 10.1 Å². The summed E-state index contributed by atoms with van der Waals surface area (Å²) < 4.78 is 18.0. The Morgan fingerprint density at radius 3 is 2.89 bits per heavy atom. The molecule has 2 rings (SSSR count). The van der Waals surface area contributed by atoms with Crippen molar-refractivity contribution in [3.05, 3.63) is 24.3 Å². The number of benzene rings is 1. The topological polar surface area (TPSA) is 52.3 Å². The molecule has 1 aliphatic rings. The van der Waals surface area contributed by atoms with Gasteiger partial charge in [-0.3, -0.25) is 4.21 Å². The van der Waals surface area contributed by atoms with E-state index in [-0.39, 0.29) is 5.25 Å². The molecule has 0 saturated heterocycles. The molecule has 2 N–H and O–H groups in total. The summed E-state index contributed by atoms with van der Waals surface area (Å²) in [6.45, 7) is 2.87. The molecule has 1 saturated carbocycles. The number of nitrogens with two attached hydrogens (primary N) is 1. The molecular weight excluding hydrogens is 258 g/mol. The molecule has 1 fully saturated rings. The Balaban J connectivity index is 2.20. The van der Waals surface area contributed by atoms with Gasteiger partial charge in [-0.2, -0.15) is 0 Å². The lowest BCUT2D eigenvalue weighted by Gasteiger charge is -2.33. The van der Waals surface area contributed by atoms with Crippen LogP contribution in [0.15, 0.2) is 29.2 Å². The zero-order valence-corrected chi connectivity index (χ0v) is 12.5. The third-order valence-corrected chi connectivity index (χ3v) is 5.89. The zero-order chi connectivity index (χ0) is 13.8. The Kier molecular flexibility index (Phi) is 4.99. The normalized spacial score (nSPS) is 28.9. The minimum absolute atomic E-state index is 0.181. The zero-order valence-electron chi connectivity index (χ0n) is 11.7. The molecular formula is C15H23NO2S. The quantitative estimate of drug-likeness (QED) is 0.923. The third kappa shape index (κ3) is 3.37. The smallest absolute Gasteiger partial charge is 0.120 e. The molecule has 106 valence electrons. The van der Waals surface area contributed by atoms with Gasteiger partial charge in [0.25, 0.3) is 0 Å². The van der Waals surface area contributed by atoms with Crippen molar-refractivity contribution in [1.82, 2.24) is 0 Å². The highest BCUT2D eigenvalue weighted by Crippen LogP contribution is 2.34. The van der Waals surface area contributed by atoms with E-state index in [1.807, 2.05) is 24.3 Å². The predicted molar refractivity (Wildman–Crippen MR) is 78.7 cm³/mol. The highest BCUT2D eigenvalue weighted by atomic mass is 32.2. The van der Waals surface area contributed by atoms with Gasteiger partial charge in [-0.15, -0.1) is 0 Å². The molecule has 1 aromatic rings. The Morgan fingerprint density at radius 2 is 2.21 bits per heavy atom. The van der Waals surface area contributed by atoms with Crippen LogP contribution in [0.2, 0.25) is 0 Å². The maximum atomic E-state index is 12.8. The minimum Gasteiger partial charge on any atom is -0.497 e. The Labute approximate surface area is 118 Å². The summed E-state index contributed by atoms with van der Waals surface area (Å²) in [4.78, 5) is 0.858. The van der Waals surface area contributed by atoms with Crippen molar-refractivity contribution in [2.45, 2.75) is 36.3 Å². The van der Waals surface area contributed by atoms with E-state index in [4.69, 9.17) is 10.5 Å². The molecule has 4 unspecified atom stereocenters. The summed E-state index contributed by atoms with van der Waals surface area (Å²) in [6.07, 6.45) is 3.30. The number of hydrogen-bond acceptors (Lipinski definition) is 3. The number of rotatable bonds is 4. The maximum absolute atomic E-state index is 12.8. The Bertz CT molecular complexity index is 450. The van der Waals surface area contributed by atoms with Crippen LogP contribution in [0.1, 0.15) is 26.2 Å². The van der Waals surface area contributed by atoms with Gasteiger partial charge >= 0.3 is 0 Å². The lowest BCUT2D eigenvalue weighted by atomic mass is 9.82. The summed E-state index contributed by atoms with van der Waals surface area (Å²) in [5.41, 5.74) is 5.85. The van der Waals surface area contributed by atoms with Crippen LogP contribution in [0.4, 0.5) is 0 Å². The molecule has 0 amide bonds. The average molecular weight is 281 g/mol. The first-order valence-corrected chi connectivity index (χ1v) is 8.11. The van der Waals surface area contributed by atoms with Crippen LogP contribution >= 0.6 is 0 Å². The maximum Gasteiger partial charge on any atom is 0.120 e.